The Hall–Kier alpha value is -1.85. The summed E-state index contributed by atoms with van der Waals surface area (Å²) in [5, 5.41) is 3.49. The van der Waals surface area contributed by atoms with Crippen LogP contribution < -0.4 is 10.1 Å². The molecule has 0 saturated carbocycles. The topological polar surface area (TPSA) is 21.3 Å². The van der Waals surface area contributed by atoms with E-state index in [0.717, 1.165) is 31.5 Å². The molecule has 0 atom stereocenters. The first-order valence-electron chi connectivity index (χ1n) is 8.58. The van der Waals surface area contributed by atoms with E-state index in [9.17, 15) is 4.39 Å². The van der Waals surface area contributed by atoms with Crippen molar-refractivity contribution in [1.82, 2.24) is 0 Å². The van der Waals surface area contributed by atoms with E-state index < -0.39 is 0 Å². The van der Waals surface area contributed by atoms with Crippen LogP contribution in [0.25, 0.3) is 0 Å². The van der Waals surface area contributed by atoms with Crippen molar-refractivity contribution >= 4 is 37.5 Å². The van der Waals surface area contributed by atoms with Gasteiger partial charge < -0.3 is 10.1 Å². The molecule has 0 amide bonds. The smallest absolute Gasteiger partial charge is 0.139 e. The van der Waals surface area contributed by atoms with Crippen LogP contribution in [-0.4, -0.2) is 0 Å². The zero-order valence-electron chi connectivity index (χ0n) is 15.2. The molecular formula is C22H20Br2FNO. The summed E-state index contributed by atoms with van der Waals surface area (Å²) in [6.45, 7) is 5.18. The maximum atomic E-state index is 13.1. The van der Waals surface area contributed by atoms with Crippen molar-refractivity contribution in [3.8, 4) is 5.75 Å². The maximum Gasteiger partial charge on any atom is 0.139 e. The lowest BCUT2D eigenvalue weighted by atomic mass is 10.1. The van der Waals surface area contributed by atoms with Crippen LogP contribution in [0.15, 0.2) is 63.5 Å². The Kier molecular flexibility index (Phi) is 6.55. The molecule has 1 N–H and O–H groups in total. The van der Waals surface area contributed by atoms with Gasteiger partial charge in [-0.05, 0) is 71.2 Å². The highest BCUT2D eigenvalue weighted by atomic mass is 79.9. The minimum Gasteiger partial charge on any atom is -0.487 e. The quantitative estimate of drug-likeness (QED) is 0.394. The SMILES string of the molecule is Cc1ccc(NCc2cc(Br)cc(Br)c2OCc2ccc(F)cc2)c(C)c1. The van der Waals surface area contributed by atoms with Gasteiger partial charge >= 0.3 is 0 Å². The average Bonchev–Trinajstić information content (AvgIpc) is 2.61. The number of nitrogens with one attached hydrogen (secondary N) is 1. The van der Waals surface area contributed by atoms with Gasteiger partial charge in [0.15, 0.2) is 0 Å². The lowest BCUT2D eigenvalue weighted by molar-refractivity contribution is 0.301. The molecule has 0 heterocycles. The van der Waals surface area contributed by atoms with Gasteiger partial charge in [0.25, 0.3) is 0 Å². The summed E-state index contributed by atoms with van der Waals surface area (Å²) in [6.07, 6.45) is 0. The summed E-state index contributed by atoms with van der Waals surface area (Å²) in [4.78, 5) is 0. The van der Waals surface area contributed by atoms with E-state index in [2.05, 4.69) is 69.2 Å². The molecule has 0 aliphatic rings. The lowest BCUT2D eigenvalue weighted by Crippen LogP contribution is -2.05. The van der Waals surface area contributed by atoms with Gasteiger partial charge in [0.05, 0.1) is 4.47 Å². The van der Waals surface area contributed by atoms with Crippen molar-refractivity contribution in [1.29, 1.82) is 0 Å². The van der Waals surface area contributed by atoms with E-state index in [1.165, 1.54) is 23.3 Å². The predicted octanol–water partition coefficient (Wildman–Crippen LogP) is 7.16. The van der Waals surface area contributed by atoms with Crippen molar-refractivity contribution in [3.05, 3.63) is 91.6 Å². The molecule has 0 fully saturated rings. The molecule has 3 aromatic rings. The number of anilines is 1. The molecule has 5 heteroatoms. The Morgan fingerprint density at radius 2 is 1.70 bits per heavy atom. The highest BCUT2D eigenvalue weighted by Crippen LogP contribution is 2.34. The molecule has 0 unspecified atom stereocenters. The van der Waals surface area contributed by atoms with Crippen LogP contribution in [0.3, 0.4) is 0 Å². The molecule has 0 aromatic heterocycles. The van der Waals surface area contributed by atoms with Crippen molar-refractivity contribution < 1.29 is 9.13 Å². The predicted molar refractivity (Wildman–Crippen MR) is 116 cm³/mol. The van der Waals surface area contributed by atoms with Crippen molar-refractivity contribution in [2.24, 2.45) is 0 Å². The van der Waals surface area contributed by atoms with Crippen LogP contribution in [0.4, 0.5) is 10.1 Å². The summed E-state index contributed by atoms with van der Waals surface area (Å²) < 4.78 is 21.0. The second kappa shape index (κ2) is 8.89. The van der Waals surface area contributed by atoms with Gasteiger partial charge in [0.1, 0.15) is 18.2 Å². The lowest BCUT2D eigenvalue weighted by Gasteiger charge is -2.16. The minimum absolute atomic E-state index is 0.248. The molecule has 0 aliphatic carbocycles. The minimum atomic E-state index is -0.248. The molecule has 27 heavy (non-hydrogen) atoms. The van der Waals surface area contributed by atoms with E-state index in [0.29, 0.717) is 13.2 Å². The van der Waals surface area contributed by atoms with E-state index in [-0.39, 0.29) is 5.82 Å². The van der Waals surface area contributed by atoms with E-state index >= 15 is 0 Å². The highest BCUT2D eigenvalue weighted by Gasteiger charge is 2.11. The molecule has 0 bridgehead atoms. The van der Waals surface area contributed by atoms with E-state index in [1.54, 1.807) is 12.1 Å². The third kappa shape index (κ3) is 5.33. The summed E-state index contributed by atoms with van der Waals surface area (Å²) in [5.74, 6) is 0.529. The number of halogens is 3. The monoisotopic (exact) mass is 491 g/mol. The molecule has 0 saturated heterocycles. The number of aryl methyl sites for hydroxylation is 2. The fraction of sp³-hybridized carbons (Fsp3) is 0.182. The molecular weight excluding hydrogens is 473 g/mol. The third-order valence-corrected chi connectivity index (χ3v) is 5.28. The highest BCUT2D eigenvalue weighted by molar-refractivity contribution is 9.11. The second-order valence-electron chi connectivity index (χ2n) is 6.46. The van der Waals surface area contributed by atoms with Crippen LogP contribution in [-0.2, 0) is 13.2 Å². The first kappa shape index (κ1) is 19.9. The Morgan fingerprint density at radius 3 is 2.41 bits per heavy atom. The van der Waals surface area contributed by atoms with Crippen LogP contribution in [0.2, 0.25) is 0 Å². The normalized spacial score (nSPS) is 10.7. The number of hydrogen-bond donors (Lipinski definition) is 1. The Bertz CT molecular complexity index is 942. The Balaban J connectivity index is 1.78. The molecule has 2 nitrogen and oxygen atoms in total. The molecule has 0 spiro atoms. The summed E-state index contributed by atoms with van der Waals surface area (Å²) in [6, 6.07) is 16.7. The van der Waals surface area contributed by atoms with Gasteiger partial charge in [-0.2, -0.15) is 0 Å². The van der Waals surface area contributed by atoms with Crippen LogP contribution in [0.1, 0.15) is 22.3 Å². The summed E-state index contributed by atoms with van der Waals surface area (Å²) in [7, 11) is 0. The maximum absolute atomic E-state index is 13.1. The second-order valence-corrected chi connectivity index (χ2v) is 8.23. The van der Waals surface area contributed by atoms with Gasteiger partial charge in [0, 0.05) is 22.3 Å². The van der Waals surface area contributed by atoms with Crippen molar-refractivity contribution in [2.75, 3.05) is 5.32 Å². The third-order valence-electron chi connectivity index (χ3n) is 4.23. The first-order chi connectivity index (χ1) is 12.9. The fourth-order valence-electron chi connectivity index (χ4n) is 2.85. The van der Waals surface area contributed by atoms with Gasteiger partial charge in [-0.3, -0.25) is 0 Å². The number of benzene rings is 3. The number of ether oxygens (including phenoxy) is 1. The standard InChI is InChI=1S/C22H20Br2FNO/c1-14-3-8-21(15(2)9-14)26-12-17-10-18(23)11-20(24)22(17)27-13-16-4-6-19(25)7-5-16/h3-11,26H,12-13H2,1-2H3. The van der Waals surface area contributed by atoms with Gasteiger partial charge in [-0.1, -0.05) is 45.8 Å². The van der Waals surface area contributed by atoms with Crippen LogP contribution in [0.5, 0.6) is 5.75 Å². The van der Waals surface area contributed by atoms with E-state index in [4.69, 9.17) is 4.74 Å². The van der Waals surface area contributed by atoms with E-state index in [1.807, 2.05) is 12.1 Å². The van der Waals surface area contributed by atoms with Crippen molar-refractivity contribution in [2.45, 2.75) is 27.0 Å². The fourth-order valence-corrected chi connectivity index (χ4v) is 4.27. The van der Waals surface area contributed by atoms with Crippen molar-refractivity contribution in [3.63, 3.8) is 0 Å². The zero-order valence-corrected chi connectivity index (χ0v) is 18.3. The first-order valence-corrected chi connectivity index (χ1v) is 10.2. The average molecular weight is 493 g/mol. The van der Waals surface area contributed by atoms with Gasteiger partial charge in [-0.15, -0.1) is 0 Å². The molecule has 0 radical (unpaired) electrons. The summed E-state index contributed by atoms with van der Waals surface area (Å²) in [5.41, 5.74) is 5.49. The van der Waals surface area contributed by atoms with Crippen LogP contribution >= 0.6 is 31.9 Å². The molecule has 0 aliphatic heterocycles. The van der Waals surface area contributed by atoms with Gasteiger partial charge in [-0.25, -0.2) is 4.39 Å². The van der Waals surface area contributed by atoms with Gasteiger partial charge in [0.2, 0.25) is 0 Å². The Morgan fingerprint density at radius 1 is 0.963 bits per heavy atom. The molecule has 3 rings (SSSR count). The molecule has 3 aromatic carbocycles. The zero-order chi connectivity index (χ0) is 19.4. The summed E-state index contributed by atoms with van der Waals surface area (Å²) >= 11 is 7.14. The number of hydrogen-bond acceptors (Lipinski definition) is 2. The Labute approximate surface area is 176 Å². The number of rotatable bonds is 6. The van der Waals surface area contributed by atoms with Crippen LogP contribution in [0, 0.1) is 19.7 Å². The largest absolute Gasteiger partial charge is 0.487 e. The molecule has 140 valence electrons.